The summed E-state index contributed by atoms with van der Waals surface area (Å²) in [5.41, 5.74) is 0.504. The van der Waals surface area contributed by atoms with Gasteiger partial charge in [-0.3, -0.25) is 4.79 Å². The lowest BCUT2D eigenvalue weighted by Crippen LogP contribution is -2.23. The first-order valence-electron chi connectivity index (χ1n) is 4.24. The predicted octanol–water partition coefficient (Wildman–Crippen LogP) is 1.82. The molecule has 0 spiro atoms. The number of carbonyl (C=O) groups excluding carboxylic acids is 1. The largest absolute Gasteiger partial charge is 0.497 e. The lowest BCUT2D eigenvalue weighted by atomic mass is 10.2. The van der Waals surface area contributed by atoms with Gasteiger partial charge in [0.2, 0.25) is 0 Å². The van der Waals surface area contributed by atoms with Crippen LogP contribution in [-0.2, 0) is 0 Å². The van der Waals surface area contributed by atoms with Gasteiger partial charge in [-0.15, -0.1) is 6.42 Å². The van der Waals surface area contributed by atoms with Crippen molar-refractivity contribution in [3.8, 4) is 18.1 Å². The SMILES string of the molecule is C#CCNC(=O)c1cc(OC)ccc1Br. The topological polar surface area (TPSA) is 38.3 Å². The Bertz CT molecular complexity index is 410. The summed E-state index contributed by atoms with van der Waals surface area (Å²) < 4.78 is 5.73. The van der Waals surface area contributed by atoms with E-state index in [0.29, 0.717) is 15.8 Å². The summed E-state index contributed by atoms with van der Waals surface area (Å²) in [5, 5.41) is 2.58. The number of amides is 1. The molecule has 78 valence electrons. The van der Waals surface area contributed by atoms with Gasteiger partial charge in [-0.1, -0.05) is 5.92 Å². The normalized spacial score (nSPS) is 9.13. The molecule has 1 amide bonds. The molecule has 0 unspecified atom stereocenters. The Kier molecular flexibility index (Phi) is 4.19. The Labute approximate surface area is 96.9 Å². The second-order valence-electron chi connectivity index (χ2n) is 2.73. The van der Waals surface area contributed by atoms with Crippen LogP contribution in [0.15, 0.2) is 22.7 Å². The molecule has 0 aliphatic rings. The number of halogens is 1. The highest BCUT2D eigenvalue weighted by atomic mass is 79.9. The van der Waals surface area contributed by atoms with E-state index < -0.39 is 0 Å². The van der Waals surface area contributed by atoms with Crippen LogP contribution in [0, 0.1) is 12.3 Å². The fourth-order valence-electron chi connectivity index (χ4n) is 1.03. The molecule has 0 aliphatic heterocycles. The van der Waals surface area contributed by atoms with Gasteiger partial charge in [-0.05, 0) is 34.1 Å². The predicted molar refractivity (Wildman–Crippen MR) is 61.9 cm³/mol. The van der Waals surface area contributed by atoms with Gasteiger partial charge in [0.05, 0.1) is 19.2 Å². The van der Waals surface area contributed by atoms with Crippen molar-refractivity contribution in [2.75, 3.05) is 13.7 Å². The van der Waals surface area contributed by atoms with Gasteiger partial charge in [0.25, 0.3) is 5.91 Å². The zero-order valence-electron chi connectivity index (χ0n) is 8.21. The third-order valence-corrected chi connectivity index (χ3v) is 2.46. The van der Waals surface area contributed by atoms with Crippen LogP contribution in [0.1, 0.15) is 10.4 Å². The van der Waals surface area contributed by atoms with Crippen molar-refractivity contribution in [1.29, 1.82) is 0 Å². The number of nitrogens with one attached hydrogen (secondary N) is 1. The van der Waals surface area contributed by atoms with Gasteiger partial charge in [-0.2, -0.15) is 0 Å². The quantitative estimate of drug-likeness (QED) is 0.849. The van der Waals surface area contributed by atoms with Gasteiger partial charge in [0.15, 0.2) is 0 Å². The Morgan fingerprint density at radius 2 is 2.40 bits per heavy atom. The summed E-state index contributed by atoms with van der Waals surface area (Å²) in [6, 6.07) is 5.17. The zero-order valence-corrected chi connectivity index (χ0v) is 9.80. The average molecular weight is 268 g/mol. The number of carbonyl (C=O) groups is 1. The first-order valence-corrected chi connectivity index (χ1v) is 5.03. The monoisotopic (exact) mass is 267 g/mol. The van der Waals surface area contributed by atoms with E-state index in [2.05, 4.69) is 27.2 Å². The summed E-state index contributed by atoms with van der Waals surface area (Å²) in [7, 11) is 1.55. The molecule has 0 bridgehead atoms. The number of methoxy groups -OCH3 is 1. The van der Waals surface area contributed by atoms with Crippen LogP contribution < -0.4 is 10.1 Å². The van der Waals surface area contributed by atoms with E-state index in [0.717, 1.165) is 0 Å². The fourth-order valence-corrected chi connectivity index (χ4v) is 1.46. The van der Waals surface area contributed by atoms with Crippen molar-refractivity contribution >= 4 is 21.8 Å². The third-order valence-electron chi connectivity index (χ3n) is 1.77. The van der Waals surface area contributed by atoms with Crippen LogP contribution in [0.4, 0.5) is 0 Å². The van der Waals surface area contributed by atoms with Gasteiger partial charge in [0, 0.05) is 4.47 Å². The lowest BCUT2D eigenvalue weighted by Gasteiger charge is -2.06. The first-order chi connectivity index (χ1) is 7.19. The van der Waals surface area contributed by atoms with E-state index in [-0.39, 0.29) is 12.5 Å². The van der Waals surface area contributed by atoms with E-state index in [1.54, 1.807) is 25.3 Å². The molecule has 1 aromatic rings. The molecule has 4 heteroatoms. The highest BCUT2D eigenvalue weighted by molar-refractivity contribution is 9.10. The maximum atomic E-state index is 11.6. The molecule has 0 atom stereocenters. The first kappa shape index (κ1) is 11.6. The summed E-state index contributed by atoms with van der Waals surface area (Å²) in [5.74, 6) is 2.74. The zero-order chi connectivity index (χ0) is 11.3. The Morgan fingerprint density at radius 1 is 1.67 bits per heavy atom. The Morgan fingerprint density at radius 3 is 3.00 bits per heavy atom. The van der Waals surface area contributed by atoms with E-state index >= 15 is 0 Å². The molecule has 0 saturated heterocycles. The molecule has 0 radical (unpaired) electrons. The molecule has 1 aromatic carbocycles. The van der Waals surface area contributed by atoms with Crippen molar-refractivity contribution < 1.29 is 9.53 Å². The fraction of sp³-hybridized carbons (Fsp3) is 0.182. The van der Waals surface area contributed by atoms with E-state index in [9.17, 15) is 4.79 Å². The minimum atomic E-state index is -0.223. The molecule has 0 aliphatic carbocycles. The van der Waals surface area contributed by atoms with Crippen LogP contribution in [0.2, 0.25) is 0 Å². The highest BCUT2D eigenvalue weighted by Crippen LogP contribution is 2.22. The maximum absolute atomic E-state index is 11.6. The Balaban J connectivity index is 2.92. The number of benzene rings is 1. The standard InChI is InChI=1S/C11H10BrNO2/c1-3-6-13-11(14)9-7-8(15-2)4-5-10(9)12/h1,4-5,7H,6H2,2H3,(H,13,14). The van der Waals surface area contributed by atoms with Crippen LogP contribution in [-0.4, -0.2) is 19.6 Å². The number of hydrogen-bond acceptors (Lipinski definition) is 2. The smallest absolute Gasteiger partial charge is 0.253 e. The van der Waals surface area contributed by atoms with Crippen LogP contribution in [0.25, 0.3) is 0 Å². The summed E-state index contributed by atoms with van der Waals surface area (Å²) in [6.07, 6.45) is 5.05. The molecule has 0 aromatic heterocycles. The molecule has 1 N–H and O–H groups in total. The summed E-state index contributed by atoms with van der Waals surface area (Å²) in [4.78, 5) is 11.6. The van der Waals surface area contributed by atoms with Gasteiger partial charge in [0.1, 0.15) is 5.75 Å². The molecule has 0 fully saturated rings. The van der Waals surface area contributed by atoms with Crippen molar-refractivity contribution in [2.45, 2.75) is 0 Å². The number of rotatable bonds is 3. The Hall–Kier alpha value is -1.47. The van der Waals surface area contributed by atoms with Crippen LogP contribution >= 0.6 is 15.9 Å². The average Bonchev–Trinajstić information content (AvgIpc) is 2.26. The molecule has 3 nitrogen and oxygen atoms in total. The highest BCUT2D eigenvalue weighted by Gasteiger charge is 2.09. The van der Waals surface area contributed by atoms with Crippen molar-refractivity contribution in [2.24, 2.45) is 0 Å². The minimum Gasteiger partial charge on any atom is -0.497 e. The maximum Gasteiger partial charge on any atom is 0.253 e. The summed E-state index contributed by atoms with van der Waals surface area (Å²) >= 11 is 3.28. The molecular formula is C11H10BrNO2. The molecule has 15 heavy (non-hydrogen) atoms. The number of ether oxygens (including phenoxy) is 1. The minimum absolute atomic E-state index is 0.211. The van der Waals surface area contributed by atoms with Crippen LogP contribution in [0.5, 0.6) is 5.75 Å². The van der Waals surface area contributed by atoms with Gasteiger partial charge >= 0.3 is 0 Å². The number of hydrogen-bond donors (Lipinski definition) is 1. The number of terminal acetylenes is 1. The van der Waals surface area contributed by atoms with E-state index in [1.807, 2.05) is 0 Å². The summed E-state index contributed by atoms with van der Waals surface area (Å²) in [6.45, 7) is 0.211. The molecule has 0 saturated carbocycles. The van der Waals surface area contributed by atoms with Gasteiger partial charge in [-0.25, -0.2) is 0 Å². The van der Waals surface area contributed by atoms with Crippen LogP contribution in [0.3, 0.4) is 0 Å². The van der Waals surface area contributed by atoms with Crippen molar-refractivity contribution in [3.05, 3.63) is 28.2 Å². The lowest BCUT2D eigenvalue weighted by molar-refractivity contribution is 0.0957. The van der Waals surface area contributed by atoms with Crippen molar-refractivity contribution in [3.63, 3.8) is 0 Å². The van der Waals surface area contributed by atoms with E-state index in [4.69, 9.17) is 11.2 Å². The molecule has 0 heterocycles. The molecular weight excluding hydrogens is 258 g/mol. The van der Waals surface area contributed by atoms with Gasteiger partial charge < -0.3 is 10.1 Å². The molecule has 1 rings (SSSR count). The second-order valence-corrected chi connectivity index (χ2v) is 3.59. The second kappa shape index (κ2) is 5.42. The van der Waals surface area contributed by atoms with E-state index in [1.165, 1.54) is 0 Å². The van der Waals surface area contributed by atoms with Crippen molar-refractivity contribution in [1.82, 2.24) is 5.32 Å². The third kappa shape index (κ3) is 3.00.